The van der Waals surface area contributed by atoms with Crippen LogP contribution in [0.5, 0.6) is 11.5 Å². The average Bonchev–Trinajstić information content (AvgIpc) is 2.82. The number of fused-ring (bicyclic) bond motifs is 1. The summed E-state index contributed by atoms with van der Waals surface area (Å²) in [4.78, 5) is 11.2. The molecule has 0 saturated carbocycles. The van der Waals surface area contributed by atoms with E-state index in [0.29, 0.717) is 26.3 Å². The summed E-state index contributed by atoms with van der Waals surface area (Å²) >= 11 is 0. The minimum absolute atomic E-state index is 0.0168. The van der Waals surface area contributed by atoms with Gasteiger partial charge in [-0.1, -0.05) is 6.07 Å². The molecule has 5 heteroatoms. The molecule has 0 radical (unpaired) electrons. The van der Waals surface area contributed by atoms with E-state index in [1.165, 1.54) is 5.56 Å². The van der Waals surface area contributed by atoms with Gasteiger partial charge in [-0.2, -0.15) is 0 Å². The lowest BCUT2D eigenvalue weighted by atomic mass is 10.1. The molecule has 0 unspecified atom stereocenters. The van der Waals surface area contributed by atoms with Crippen LogP contribution in [0, 0.1) is 0 Å². The summed E-state index contributed by atoms with van der Waals surface area (Å²) < 4.78 is 10.6. The van der Waals surface area contributed by atoms with Crippen LogP contribution in [0.3, 0.4) is 0 Å². The van der Waals surface area contributed by atoms with Crippen molar-refractivity contribution in [3.8, 4) is 11.5 Å². The van der Waals surface area contributed by atoms with Crippen molar-refractivity contribution in [2.45, 2.75) is 19.3 Å². The molecule has 0 spiro atoms. The van der Waals surface area contributed by atoms with Crippen molar-refractivity contribution >= 4 is 5.91 Å². The Balaban J connectivity index is 1.72. The lowest BCUT2D eigenvalue weighted by molar-refractivity contribution is -0.120. The Morgan fingerprint density at radius 2 is 2.17 bits per heavy atom. The van der Waals surface area contributed by atoms with Gasteiger partial charge in [0.2, 0.25) is 12.7 Å². The molecule has 1 heterocycles. The fourth-order valence-corrected chi connectivity index (χ4v) is 1.84. The summed E-state index contributed by atoms with van der Waals surface area (Å²) in [5, 5.41) is 2.83. The normalized spacial score (nSPS) is 12.5. The Bertz CT molecular complexity index is 421. The minimum atomic E-state index is 0.0168. The van der Waals surface area contributed by atoms with Crippen LogP contribution in [0.2, 0.25) is 0 Å². The molecule has 3 N–H and O–H groups in total. The Hall–Kier alpha value is -1.75. The van der Waals surface area contributed by atoms with Gasteiger partial charge in [0, 0.05) is 19.5 Å². The molecule has 98 valence electrons. The van der Waals surface area contributed by atoms with Gasteiger partial charge >= 0.3 is 0 Å². The first-order valence-corrected chi connectivity index (χ1v) is 6.15. The Morgan fingerprint density at radius 3 is 3.00 bits per heavy atom. The molecule has 0 aliphatic carbocycles. The molecule has 0 saturated heterocycles. The molecule has 1 aliphatic rings. The molecule has 0 atom stereocenters. The largest absolute Gasteiger partial charge is 0.454 e. The number of nitrogens with two attached hydrogens (primary N) is 1. The van der Waals surface area contributed by atoms with Crippen molar-refractivity contribution in [1.29, 1.82) is 0 Å². The number of carbonyl (C=O) groups is 1. The lowest BCUT2D eigenvalue weighted by Crippen LogP contribution is -2.26. The number of hydrogen-bond donors (Lipinski definition) is 2. The second kappa shape index (κ2) is 6.26. The molecule has 0 fully saturated rings. The highest BCUT2D eigenvalue weighted by Gasteiger charge is 2.12. The Morgan fingerprint density at radius 1 is 1.33 bits per heavy atom. The lowest BCUT2D eigenvalue weighted by Gasteiger charge is -2.05. The first kappa shape index (κ1) is 12.7. The summed E-state index contributed by atoms with van der Waals surface area (Å²) in [7, 11) is 0. The predicted molar refractivity (Wildman–Crippen MR) is 67.6 cm³/mol. The predicted octanol–water partition coefficient (Wildman–Crippen LogP) is 0.813. The molecule has 1 amide bonds. The molecule has 18 heavy (non-hydrogen) atoms. The zero-order valence-electron chi connectivity index (χ0n) is 10.3. The van der Waals surface area contributed by atoms with Gasteiger partial charge < -0.3 is 20.5 Å². The first-order valence-electron chi connectivity index (χ1n) is 6.15. The highest BCUT2D eigenvalue weighted by atomic mass is 16.7. The SMILES string of the molecule is NCCC(=O)NCCCc1ccc2c(c1)OCO2. The summed E-state index contributed by atoms with van der Waals surface area (Å²) in [5.74, 6) is 1.62. The molecule has 1 aromatic carbocycles. The van der Waals surface area contributed by atoms with Crippen LogP contribution in [0.25, 0.3) is 0 Å². The summed E-state index contributed by atoms with van der Waals surface area (Å²) in [6, 6.07) is 5.93. The monoisotopic (exact) mass is 250 g/mol. The zero-order chi connectivity index (χ0) is 12.8. The highest BCUT2D eigenvalue weighted by molar-refractivity contribution is 5.75. The molecule has 0 bridgehead atoms. The van der Waals surface area contributed by atoms with Crippen molar-refractivity contribution in [2.75, 3.05) is 19.9 Å². The molecular formula is C13H18N2O3. The molecule has 2 rings (SSSR count). The number of amides is 1. The third-order valence-corrected chi connectivity index (χ3v) is 2.77. The van der Waals surface area contributed by atoms with Gasteiger partial charge in [-0.25, -0.2) is 0 Å². The minimum Gasteiger partial charge on any atom is -0.454 e. The number of rotatable bonds is 6. The van der Waals surface area contributed by atoms with E-state index in [2.05, 4.69) is 5.32 Å². The second-order valence-electron chi connectivity index (χ2n) is 4.18. The van der Waals surface area contributed by atoms with Crippen molar-refractivity contribution in [3.05, 3.63) is 23.8 Å². The number of ether oxygens (including phenoxy) is 2. The quantitative estimate of drug-likeness (QED) is 0.733. The van der Waals surface area contributed by atoms with Gasteiger partial charge in [0.05, 0.1) is 0 Å². The van der Waals surface area contributed by atoms with E-state index in [-0.39, 0.29) is 5.91 Å². The molecular weight excluding hydrogens is 232 g/mol. The van der Waals surface area contributed by atoms with Gasteiger partial charge in [0.25, 0.3) is 0 Å². The third kappa shape index (κ3) is 3.37. The number of benzene rings is 1. The fraction of sp³-hybridized carbons (Fsp3) is 0.462. The number of nitrogens with one attached hydrogen (secondary N) is 1. The smallest absolute Gasteiger partial charge is 0.231 e. The summed E-state index contributed by atoms with van der Waals surface area (Å²) in [6.45, 7) is 1.37. The standard InChI is InChI=1S/C13H18N2O3/c14-6-5-13(16)15-7-1-2-10-3-4-11-12(8-10)18-9-17-11/h3-4,8H,1-2,5-7,9,14H2,(H,15,16). The molecule has 1 aliphatic heterocycles. The van der Waals surface area contributed by atoms with E-state index < -0.39 is 0 Å². The molecule has 1 aromatic rings. The van der Waals surface area contributed by atoms with E-state index in [0.717, 1.165) is 24.3 Å². The molecule has 5 nitrogen and oxygen atoms in total. The fourth-order valence-electron chi connectivity index (χ4n) is 1.84. The highest BCUT2D eigenvalue weighted by Crippen LogP contribution is 2.32. The van der Waals surface area contributed by atoms with Gasteiger partial charge in [-0.05, 0) is 30.5 Å². The van der Waals surface area contributed by atoms with Gasteiger partial charge in [-0.3, -0.25) is 4.79 Å². The maximum atomic E-state index is 11.2. The second-order valence-corrected chi connectivity index (χ2v) is 4.18. The van der Waals surface area contributed by atoms with E-state index in [4.69, 9.17) is 15.2 Å². The Labute approximate surface area is 106 Å². The van der Waals surface area contributed by atoms with E-state index in [9.17, 15) is 4.79 Å². The third-order valence-electron chi connectivity index (χ3n) is 2.77. The number of hydrogen-bond acceptors (Lipinski definition) is 4. The van der Waals surface area contributed by atoms with E-state index in [1.807, 2.05) is 18.2 Å². The Kier molecular flexibility index (Phi) is 4.41. The van der Waals surface area contributed by atoms with E-state index >= 15 is 0 Å². The average molecular weight is 250 g/mol. The van der Waals surface area contributed by atoms with Crippen molar-refractivity contribution in [3.63, 3.8) is 0 Å². The van der Waals surface area contributed by atoms with Gasteiger partial charge in [0.1, 0.15) is 0 Å². The maximum Gasteiger partial charge on any atom is 0.231 e. The van der Waals surface area contributed by atoms with Crippen molar-refractivity contribution < 1.29 is 14.3 Å². The molecule has 0 aromatic heterocycles. The van der Waals surface area contributed by atoms with Crippen LogP contribution >= 0.6 is 0 Å². The van der Waals surface area contributed by atoms with Crippen LogP contribution < -0.4 is 20.5 Å². The maximum absolute atomic E-state index is 11.2. The first-order chi connectivity index (χ1) is 8.79. The van der Waals surface area contributed by atoms with Gasteiger partial charge in [0.15, 0.2) is 11.5 Å². The summed E-state index contributed by atoms with van der Waals surface area (Å²) in [5.41, 5.74) is 6.48. The van der Waals surface area contributed by atoms with Gasteiger partial charge in [-0.15, -0.1) is 0 Å². The topological polar surface area (TPSA) is 73.6 Å². The van der Waals surface area contributed by atoms with Crippen LogP contribution in [-0.2, 0) is 11.2 Å². The van der Waals surface area contributed by atoms with Crippen molar-refractivity contribution in [2.24, 2.45) is 5.73 Å². The summed E-state index contributed by atoms with van der Waals surface area (Å²) in [6.07, 6.45) is 2.19. The zero-order valence-corrected chi connectivity index (χ0v) is 10.3. The number of aryl methyl sites for hydroxylation is 1. The van der Waals surface area contributed by atoms with Crippen LogP contribution in [0.4, 0.5) is 0 Å². The van der Waals surface area contributed by atoms with E-state index in [1.54, 1.807) is 0 Å². The van der Waals surface area contributed by atoms with Crippen LogP contribution in [0.1, 0.15) is 18.4 Å². The van der Waals surface area contributed by atoms with Crippen LogP contribution in [0.15, 0.2) is 18.2 Å². The van der Waals surface area contributed by atoms with Crippen molar-refractivity contribution in [1.82, 2.24) is 5.32 Å². The number of carbonyl (C=O) groups excluding carboxylic acids is 1. The van der Waals surface area contributed by atoms with Crippen LogP contribution in [-0.4, -0.2) is 25.8 Å².